The molecule has 0 unspecified atom stereocenters. The maximum atomic E-state index is 4.28. The summed E-state index contributed by atoms with van der Waals surface area (Å²) in [7, 11) is 0. The van der Waals surface area contributed by atoms with Gasteiger partial charge in [-0.05, 0) is 42.0 Å². The fourth-order valence-electron chi connectivity index (χ4n) is 2.08. The SMILES string of the molecule is Cc1[nH]cnc1CNc1ccc2cc(Br)ccc2c1. The molecule has 3 rings (SSSR count). The van der Waals surface area contributed by atoms with Crippen molar-refractivity contribution in [3.05, 3.63) is 58.6 Å². The lowest BCUT2D eigenvalue weighted by molar-refractivity contribution is 1.05. The van der Waals surface area contributed by atoms with Crippen LogP contribution < -0.4 is 5.32 Å². The summed E-state index contributed by atoms with van der Waals surface area (Å²) in [6.07, 6.45) is 1.73. The van der Waals surface area contributed by atoms with Crippen molar-refractivity contribution in [2.75, 3.05) is 5.32 Å². The van der Waals surface area contributed by atoms with E-state index in [1.54, 1.807) is 6.33 Å². The second-order valence-corrected chi connectivity index (χ2v) is 5.45. The molecule has 0 fully saturated rings. The number of hydrogen-bond acceptors (Lipinski definition) is 2. The van der Waals surface area contributed by atoms with E-state index in [0.717, 1.165) is 28.1 Å². The van der Waals surface area contributed by atoms with Crippen LogP contribution in [0.25, 0.3) is 10.8 Å². The Morgan fingerprint density at radius 3 is 2.74 bits per heavy atom. The predicted molar refractivity (Wildman–Crippen MR) is 82.3 cm³/mol. The molecular formula is C15H14BrN3. The van der Waals surface area contributed by atoms with Crippen molar-refractivity contribution >= 4 is 32.4 Å². The lowest BCUT2D eigenvalue weighted by Crippen LogP contribution is -2.01. The maximum absolute atomic E-state index is 4.28. The zero-order chi connectivity index (χ0) is 13.2. The van der Waals surface area contributed by atoms with Crippen molar-refractivity contribution in [2.24, 2.45) is 0 Å². The molecule has 1 heterocycles. The van der Waals surface area contributed by atoms with E-state index < -0.39 is 0 Å². The normalized spacial score (nSPS) is 10.8. The van der Waals surface area contributed by atoms with Gasteiger partial charge < -0.3 is 10.3 Å². The molecule has 3 nitrogen and oxygen atoms in total. The highest BCUT2D eigenvalue weighted by molar-refractivity contribution is 9.10. The molecule has 4 heteroatoms. The largest absolute Gasteiger partial charge is 0.379 e. The molecule has 0 saturated carbocycles. The number of imidazole rings is 1. The van der Waals surface area contributed by atoms with Crippen LogP contribution in [-0.4, -0.2) is 9.97 Å². The molecule has 0 amide bonds. The number of aromatic amines is 1. The summed E-state index contributed by atoms with van der Waals surface area (Å²) in [5.74, 6) is 0. The third kappa shape index (κ3) is 2.63. The van der Waals surface area contributed by atoms with E-state index in [1.807, 2.05) is 6.92 Å². The average molecular weight is 316 g/mol. The first-order chi connectivity index (χ1) is 9.22. The molecule has 96 valence electrons. The number of aromatic nitrogens is 2. The highest BCUT2D eigenvalue weighted by Gasteiger charge is 2.01. The van der Waals surface area contributed by atoms with Crippen LogP contribution in [0.4, 0.5) is 5.69 Å². The molecular weight excluding hydrogens is 302 g/mol. The minimum absolute atomic E-state index is 0.734. The lowest BCUT2D eigenvalue weighted by Gasteiger charge is -2.07. The number of benzene rings is 2. The molecule has 0 saturated heterocycles. The van der Waals surface area contributed by atoms with Gasteiger partial charge in [-0.1, -0.05) is 28.1 Å². The standard InChI is InChI=1S/C15H14BrN3/c1-10-15(19-9-18-10)8-17-14-5-3-11-6-13(16)4-2-12(11)7-14/h2-7,9,17H,8H2,1H3,(H,18,19). The highest BCUT2D eigenvalue weighted by Crippen LogP contribution is 2.23. The van der Waals surface area contributed by atoms with E-state index in [-0.39, 0.29) is 0 Å². The fraction of sp³-hybridized carbons (Fsp3) is 0.133. The van der Waals surface area contributed by atoms with Crippen LogP contribution in [0.1, 0.15) is 11.4 Å². The Morgan fingerprint density at radius 2 is 1.95 bits per heavy atom. The van der Waals surface area contributed by atoms with Gasteiger partial charge >= 0.3 is 0 Å². The van der Waals surface area contributed by atoms with Crippen molar-refractivity contribution in [1.82, 2.24) is 9.97 Å². The second-order valence-electron chi connectivity index (χ2n) is 4.53. The zero-order valence-corrected chi connectivity index (χ0v) is 12.2. The Kier molecular flexibility index (Phi) is 3.25. The number of anilines is 1. The summed E-state index contributed by atoms with van der Waals surface area (Å²) in [5, 5.41) is 5.86. The molecule has 0 atom stereocenters. The Bertz CT molecular complexity index is 718. The van der Waals surface area contributed by atoms with E-state index in [4.69, 9.17) is 0 Å². The summed E-state index contributed by atoms with van der Waals surface area (Å²) in [5.41, 5.74) is 3.27. The Balaban J connectivity index is 1.82. The Hall–Kier alpha value is -1.81. The quantitative estimate of drug-likeness (QED) is 0.758. The number of H-pyrrole nitrogens is 1. The number of rotatable bonds is 3. The Morgan fingerprint density at radius 1 is 1.16 bits per heavy atom. The van der Waals surface area contributed by atoms with E-state index >= 15 is 0 Å². The van der Waals surface area contributed by atoms with Crippen LogP contribution in [0.15, 0.2) is 47.2 Å². The van der Waals surface area contributed by atoms with Gasteiger partial charge in [0.1, 0.15) is 0 Å². The van der Waals surface area contributed by atoms with Crippen LogP contribution in [-0.2, 0) is 6.54 Å². The van der Waals surface area contributed by atoms with Gasteiger partial charge in [-0.15, -0.1) is 0 Å². The van der Waals surface area contributed by atoms with E-state index in [0.29, 0.717) is 0 Å². The molecule has 19 heavy (non-hydrogen) atoms. The monoisotopic (exact) mass is 315 g/mol. The van der Waals surface area contributed by atoms with Crippen molar-refractivity contribution in [2.45, 2.75) is 13.5 Å². The third-order valence-electron chi connectivity index (χ3n) is 3.20. The number of aryl methyl sites for hydroxylation is 1. The average Bonchev–Trinajstić information content (AvgIpc) is 2.82. The summed E-state index contributed by atoms with van der Waals surface area (Å²) in [6.45, 7) is 2.76. The molecule has 0 bridgehead atoms. The lowest BCUT2D eigenvalue weighted by atomic mass is 10.1. The van der Waals surface area contributed by atoms with E-state index in [1.165, 1.54) is 10.8 Å². The second kappa shape index (κ2) is 5.05. The molecule has 0 spiro atoms. The van der Waals surface area contributed by atoms with Crippen LogP contribution in [0.3, 0.4) is 0 Å². The third-order valence-corrected chi connectivity index (χ3v) is 3.69. The van der Waals surface area contributed by atoms with Crippen molar-refractivity contribution in [3.63, 3.8) is 0 Å². The minimum atomic E-state index is 0.734. The molecule has 3 aromatic rings. The van der Waals surface area contributed by atoms with Gasteiger partial charge in [-0.25, -0.2) is 4.98 Å². The zero-order valence-electron chi connectivity index (χ0n) is 10.6. The first-order valence-corrected chi connectivity index (χ1v) is 6.94. The van der Waals surface area contributed by atoms with Gasteiger partial charge in [0.25, 0.3) is 0 Å². The van der Waals surface area contributed by atoms with Crippen molar-refractivity contribution < 1.29 is 0 Å². The van der Waals surface area contributed by atoms with Gasteiger partial charge in [0.05, 0.1) is 18.6 Å². The minimum Gasteiger partial charge on any atom is -0.379 e. The number of halogens is 1. The number of nitrogens with zero attached hydrogens (tertiary/aromatic N) is 1. The predicted octanol–water partition coefficient (Wildman–Crippen LogP) is 4.25. The van der Waals surface area contributed by atoms with E-state index in [9.17, 15) is 0 Å². The first-order valence-electron chi connectivity index (χ1n) is 6.14. The van der Waals surface area contributed by atoms with Gasteiger partial charge in [-0.2, -0.15) is 0 Å². The number of hydrogen-bond donors (Lipinski definition) is 2. The summed E-state index contributed by atoms with van der Waals surface area (Å²) < 4.78 is 1.10. The topological polar surface area (TPSA) is 40.7 Å². The molecule has 0 aliphatic carbocycles. The summed E-state index contributed by atoms with van der Waals surface area (Å²) in [6, 6.07) is 12.7. The molecule has 0 aliphatic heterocycles. The van der Waals surface area contributed by atoms with Gasteiger partial charge in [0.2, 0.25) is 0 Å². The van der Waals surface area contributed by atoms with Crippen LogP contribution >= 0.6 is 15.9 Å². The number of fused-ring (bicyclic) bond motifs is 1. The van der Waals surface area contributed by atoms with Crippen LogP contribution in [0.2, 0.25) is 0 Å². The molecule has 2 aromatic carbocycles. The maximum Gasteiger partial charge on any atom is 0.0925 e. The molecule has 0 aliphatic rings. The van der Waals surface area contributed by atoms with Crippen LogP contribution in [0.5, 0.6) is 0 Å². The van der Waals surface area contributed by atoms with Gasteiger partial charge in [0.15, 0.2) is 0 Å². The molecule has 1 aromatic heterocycles. The van der Waals surface area contributed by atoms with Gasteiger partial charge in [-0.3, -0.25) is 0 Å². The van der Waals surface area contributed by atoms with Gasteiger partial charge in [0, 0.05) is 15.9 Å². The smallest absolute Gasteiger partial charge is 0.0925 e. The summed E-state index contributed by atoms with van der Waals surface area (Å²) >= 11 is 3.49. The summed E-state index contributed by atoms with van der Waals surface area (Å²) in [4.78, 5) is 7.36. The first kappa shape index (κ1) is 12.2. The molecule has 0 radical (unpaired) electrons. The fourth-order valence-corrected chi connectivity index (χ4v) is 2.46. The number of nitrogens with one attached hydrogen (secondary N) is 2. The van der Waals surface area contributed by atoms with Crippen molar-refractivity contribution in [3.8, 4) is 0 Å². The highest BCUT2D eigenvalue weighted by atomic mass is 79.9. The Labute approximate surface area is 120 Å². The molecule has 2 N–H and O–H groups in total. The van der Waals surface area contributed by atoms with Crippen LogP contribution in [0, 0.1) is 6.92 Å². The van der Waals surface area contributed by atoms with E-state index in [2.05, 4.69) is 67.6 Å². The van der Waals surface area contributed by atoms with Crippen molar-refractivity contribution in [1.29, 1.82) is 0 Å².